The van der Waals surface area contributed by atoms with E-state index >= 15 is 0 Å². The van der Waals surface area contributed by atoms with Crippen molar-refractivity contribution in [1.82, 2.24) is 0 Å². The van der Waals surface area contributed by atoms with Gasteiger partial charge in [-0.25, -0.2) is 9.59 Å². The van der Waals surface area contributed by atoms with Crippen LogP contribution in [-0.4, -0.2) is 22.2 Å². The summed E-state index contributed by atoms with van der Waals surface area (Å²) < 4.78 is 0. The fraction of sp³-hybridized carbons (Fsp3) is 0.182. The maximum absolute atomic E-state index is 11.0. The van der Waals surface area contributed by atoms with Crippen molar-refractivity contribution in [2.24, 2.45) is 0 Å². The molecular formula is C11H10N2O4. The molecule has 0 saturated heterocycles. The molecule has 6 nitrogen and oxygen atoms in total. The highest BCUT2D eigenvalue weighted by Gasteiger charge is 2.25. The number of carbonyl (C=O) groups is 2. The predicted octanol–water partition coefficient (Wildman–Crippen LogP) is 1.15. The molecule has 0 aromatic heterocycles. The molecule has 0 saturated carbocycles. The first-order valence-corrected chi connectivity index (χ1v) is 4.62. The number of carboxylic acids is 2. The largest absolute Gasteiger partial charge is 0.478 e. The van der Waals surface area contributed by atoms with E-state index in [1.54, 1.807) is 6.07 Å². The lowest BCUT2D eigenvalue weighted by atomic mass is 9.91. The highest BCUT2D eigenvalue weighted by molar-refractivity contribution is 6.02. The number of rotatable bonds is 2. The Balaban J connectivity index is 3.89. The summed E-state index contributed by atoms with van der Waals surface area (Å²) in [5, 5.41) is 26.9. The number of aromatic carboxylic acids is 2. The van der Waals surface area contributed by atoms with Crippen LogP contribution in [0.1, 0.15) is 37.4 Å². The van der Waals surface area contributed by atoms with Crippen LogP contribution in [0.2, 0.25) is 0 Å². The van der Waals surface area contributed by atoms with Gasteiger partial charge < -0.3 is 15.9 Å². The number of nitriles is 1. The SMILES string of the molecule is Cc1c(C#N)c(C(=O)O)c(C)c(N)c1C(=O)O. The van der Waals surface area contributed by atoms with Crippen LogP contribution in [-0.2, 0) is 0 Å². The van der Waals surface area contributed by atoms with Gasteiger partial charge in [-0.1, -0.05) is 0 Å². The number of benzene rings is 1. The number of nitrogens with zero attached hydrogens (tertiary/aromatic N) is 1. The lowest BCUT2D eigenvalue weighted by molar-refractivity contribution is 0.0680. The summed E-state index contributed by atoms with van der Waals surface area (Å²) in [6.45, 7) is 2.75. The van der Waals surface area contributed by atoms with Gasteiger partial charge in [0.1, 0.15) is 6.07 Å². The van der Waals surface area contributed by atoms with E-state index in [-0.39, 0.29) is 33.5 Å². The minimum Gasteiger partial charge on any atom is -0.478 e. The maximum atomic E-state index is 11.0. The van der Waals surface area contributed by atoms with Crippen molar-refractivity contribution >= 4 is 17.6 Å². The summed E-state index contributed by atoms with van der Waals surface area (Å²) in [4.78, 5) is 22.0. The third kappa shape index (κ3) is 1.78. The highest BCUT2D eigenvalue weighted by atomic mass is 16.4. The van der Waals surface area contributed by atoms with Crippen LogP contribution in [0.5, 0.6) is 0 Å². The quantitative estimate of drug-likeness (QED) is 0.659. The molecule has 0 fully saturated rings. The molecule has 17 heavy (non-hydrogen) atoms. The summed E-state index contributed by atoms with van der Waals surface area (Å²) in [7, 11) is 0. The van der Waals surface area contributed by atoms with Crippen molar-refractivity contribution in [3.63, 3.8) is 0 Å². The van der Waals surface area contributed by atoms with Gasteiger partial charge >= 0.3 is 11.9 Å². The van der Waals surface area contributed by atoms with Crippen molar-refractivity contribution in [3.05, 3.63) is 27.8 Å². The van der Waals surface area contributed by atoms with Crippen LogP contribution < -0.4 is 5.73 Å². The molecule has 88 valence electrons. The Morgan fingerprint density at radius 2 is 1.59 bits per heavy atom. The van der Waals surface area contributed by atoms with Gasteiger partial charge in [0.2, 0.25) is 0 Å². The molecule has 0 aliphatic rings. The van der Waals surface area contributed by atoms with E-state index in [9.17, 15) is 9.59 Å². The van der Waals surface area contributed by atoms with Gasteiger partial charge in [-0.05, 0) is 25.0 Å². The molecule has 1 aromatic carbocycles. The topological polar surface area (TPSA) is 124 Å². The fourth-order valence-corrected chi connectivity index (χ4v) is 1.71. The third-order valence-corrected chi connectivity index (χ3v) is 2.59. The molecule has 4 N–H and O–H groups in total. The first-order valence-electron chi connectivity index (χ1n) is 4.62. The highest BCUT2D eigenvalue weighted by Crippen LogP contribution is 2.29. The lowest BCUT2D eigenvalue weighted by Gasteiger charge is -2.13. The van der Waals surface area contributed by atoms with E-state index in [2.05, 4.69) is 0 Å². The van der Waals surface area contributed by atoms with Gasteiger partial charge in [0.05, 0.1) is 22.4 Å². The summed E-state index contributed by atoms with van der Waals surface area (Å²) in [6.07, 6.45) is 0. The van der Waals surface area contributed by atoms with Crippen LogP contribution in [0.25, 0.3) is 0 Å². The standard InChI is InChI=1S/C11H10N2O4/c1-4-6(3-12)7(10(14)15)5(2)9(13)8(4)11(16)17/h13H2,1-2H3,(H,14,15)(H,16,17). The van der Waals surface area contributed by atoms with Crippen molar-refractivity contribution in [1.29, 1.82) is 5.26 Å². The number of nitrogens with two attached hydrogens (primary N) is 1. The summed E-state index contributed by atoms with van der Waals surface area (Å²) in [5.41, 5.74) is 5.01. The van der Waals surface area contributed by atoms with Gasteiger partial charge in [0.25, 0.3) is 0 Å². The van der Waals surface area contributed by atoms with Crippen LogP contribution in [0.4, 0.5) is 5.69 Å². The van der Waals surface area contributed by atoms with Crippen molar-refractivity contribution in [2.75, 3.05) is 5.73 Å². The maximum Gasteiger partial charge on any atom is 0.338 e. The van der Waals surface area contributed by atoms with E-state index < -0.39 is 11.9 Å². The zero-order chi connectivity index (χ0) is 13.3. The number of nitrogen functional groups attached to an aromatic ring is 1. The normalized spacial score (nSPS) is 9.71. The molecule has 0 atom stereocenters. The average molecular weight is 234 g/mol. The molecule has 0 heterocycles. The molecule has 1 rings (SSSR count). The minimum atomic E-state index is -1.30. The molecule has 1 aromatic rings. The van der Waals surface area contributed by atoms with Crippen LogP contribution in [0, 0.1) is 25.2 Å². The Morgan fingerprint density at radius 3 is 1.94 bits per heavy atom. The summed E-state index contributed by atoms with van der Waals surface area (Å²) in [5.74, 6) is -2.58. The lowest BCUT2D eigenvalue weighted by Crippen LogP contribution is -2.14. The zero-order valence-corrected chi connectivity index (χ0v) is 9.24. The van der Waals surface area contributed by atoms with E-state index in [4.69, 9.17) is 21.2 Å². The average Bonchev–Trinajstić information content (AvgIpc) is 2.22. The van der Waals surface area contributed by atoms with Gasteiger partial charge in [0, 0.05) is 0 Å². The monoisotopic (exact) mass is 234 g/mol. The van der Waals surface area contributed by atoms with E-state index in [0.717, 1.165) is 0 Å². The second-order valence-corrected chi connectivity index (χ2v) is 3.51. The van der Waals surface area contributed by atoms with Crippen molar-refractivity contribution < 1.29 is 19.8 Å². The van der Waals surface area contributed by atoms with Crippen molar-refractivity contribution in [2.45, 2.75) is 13.8 Å². The number of hydrogen-bond acceptors (Lipinski definition) is 4. The van der Waals surface area contributed by atoms with Crippen LogP contribution in [0.3, 0.4) is 0 Å². The van der Waals surface area contributed by atoms with Gasteiger partial charge in [-0.2, -0.15) is 5.26 Å². The molecule has 0 unspecified atom stereocenters. The molecular weight excluding hydrogens is 224 g/mol. The van der Waals surface area contributed by atoms with Gasteiger partial charge in [0.15, 0.2) is 0 Å². The minimum absolute atomic E-state index is 0.0699. The Labute approximate surface area is 96.9 Å². The summed E-state index contributed by atoms with van der Waals surface area (Å²) >= 11 is 0. The number of anilines is 1. The molecule has 6 heteroatoms. The fourth-order valence-electron chi connectivity index (χ4n) is 1.71. The molecule has 0 aliphatic carbocycles. The first-order chi connectivity index (χ1) is 7.82. The van der Waals surface area contributed by atoms with E-state index in [1.807, 2.05) is 0 Å². The molecule has 0 bridgehead atoms. The summed E-state index contributed by atoms with van der Waals surface area (Å²) in [6, 6.07) is 1.71. The molecule has 0 amide bonds. The van der Waals surface area contributed by atoms with Crippen molar-refractivity contribution in [3.8, 4) is 6.07 Å². The third-order valence-electron chi connectivity index (χ3n) is 2.59. The van der Waals surface area contributed by atoms with E-state index in [0.29, 0.717) is 0 Å². The molecule has 0 radical (unpaired) electrons. The molecule has 0 aliphatic heterocycles. The second kappa shape index (κ2) is 4.14. The second-order valence-electron chi connectivity index (χ2n) is 3.51. The first kappa shape index (κ1) is 12.5. The smallest absolute Gasteiger partial charge is 0.338 e. The number of hydrogen-bond donors (Lipinski definition) is 3. The predicted molar refractivity (Wildman–Crippen MR) is 59.0 cm³/mol. The Bertz CT molecular complexity index is 570. The molecule has 0 spiro atoms. The number of carboxylic acid groups (broad SMARTS) is 2. The zero-order valence-electron chi connectivity index (χ0n) is 9.24. The van der Waals surface area contributed by atoms with Crippen LogP contribution >= 0.6 is 0 Å². The van der Waals surface area contributed by atoms with Gasteiger partial charge in [-0.15, -0.1) is 0 Å². The van der Waals surface area contributed by atoms with E-state index in [1.165, 1.54) is 13.8 Å². The Hall–Kier alpha value is -2.55. The van der Waals surface area contributed by atoms with Crippen LogP contribution in [0.15, 0.2) is 0 Å². The Kier molecular flexibility index (Phi) is 3.05. The Morgan fingerprint density at radius 1 is 1.12 bits per heavy atom. The van der Waals surface area contributed by atoms with Gasteiger partial charge in [-0.3, -0.25) is 0 Å².